The number of hydrogen-bond acceptors (Lipinski definition) is 6. The van der Waals surface area contributed by atoms with Gasteiger partial charge in [-0.1, -0.05) is 50.3 Å². The minimum absolute atomic E-state index is 0.0667. The van der Waals surface area contributed by atoms with Crippen LogP contribution in [0.15, 0.2) is 43.0 Å². The molecule has 0 saturated carbocycles. The second-order valence-electron chi connectivity index (χ2n) is 8.35. The molecule has 0 bridgehead atoms. The van der Waals surface area contributed by atoms with Crippen molar-refractivity contribution < 1.29 is 28.6 Å². The molecule has 0 aromatic heterocycles. The molecule has 31 heavy (non-hydrogen) atoms. The number of ether oxygens (including phenoxy) is 3. The molecule has 0 saturated heterocycles. The van der Waals surface area contributed by atoms with Gasteiger partial charge in [-0.25, -0.2) is 9.59 Å². The van der Waals surface area contributed by atoms with Crippen molar-refractivity contribution in [2.24, 2.45) is 5.92 Å². The fourth-order valence-electron chi connectivity index (χ4n) is 2.50. The second kappa shape index (κ2) is 12.7. The minimum atomic E-state index is -1.04. The van der Waals surface area contributed by atoms with Crippen molar-refractivity contribution in [3.8, 4) is 0 Å². The normalized spacial score (nSPS) is 13.1. The Kier molecular flexibility index (Phi) is 10.8. The van der Waals surface area contributed by atoms with Crippen LogP contribution < -0.4 is 10.6 Å². The molecule has 0 fully saturated rings. The Morgan fingerprint density at radius 1 is 1.10 bits per heavy atom. The molecule has 0 radical (unpaired) electrons. The van der Waals surface area contributed by atoms with Crippen molar-refractivity contribution >= 4 is 18.0 Å². The number of esters is 1. The molecule has 1 aromatic rings. The predicted molar refractivity (Wildman–Crippen MR) is 117 cm³/mol. The van der Waals surface area contributed by atoms with Gasteiger partial charge in [0.25, 0.3) is 0 Å². The summed E-state index contributed by atoms with van der Waals surface area (Å²) in [4.78, 5) is 37.6. The van der Waals surface area contributed by atoms with Gasteiger partial charge in [-0.05, 0) is 32.3 Å². The van der Waals surface area contributed by atoms with Gasteiger partial charge < -0.3 is 24.8 Å². The third-order valence-electron chi connectivity index (χ3n) is 3.97. The quantitative estimate of drug-likeness (QED) is 0.315. The zero-order valence-electron chi connectivity index (χ0n) is 19.0. The maximum Gasteiger partial charge on any atom is 0.408 e. The van der Waals surface area contributed by atoms with E-state index in [1.165, 1.54) is 6.08 Å². The molecule has 2 amide bonds. The standard InChI is InChI=1S/C23H34N2O6/c1-7-13-29-15-18(21(27)30-14-17-11-9-8-10-12-17)24-20(26)19(16(2)3)25-22(28)31-23(4,5)6/h7-12,16,18-19H,1,13-15H2,2-6H3,(H,24,26)(H,25,28)/t18-,19-/m0/s1. The van der Waals surface area contributed by atoms with E-state index in [1.54, 1.807) is 34.6 Å². The average molecular weight is 435 g/mol. The summed E-state index contributed by atoms with van der Waals surface area (Å²) in [6.07, 6.45) is 0.822. The lowest BCUT2D eigenvalue weighted by Crippen LogP contribution is -2.55. The van der Waals surface area contributed by atoms with E-state index in [9.17, 15) is 14.4 Å². The van der Waals surface area contributed by atoms with Crippen molar-refractivity contribution in [2.45, 2.75) is 58.9 Å². The fourth-order valence-corrected chi connectivity index (χ4v) is 2.50. The molecule has 0 aliphatic heterocycles. The van der Waals surface area contributed by atoms with Gasteiger partial charge in [-0.2, -0.15) is 0 Å². The maximum atomic E-state index is 12.8. The van der Waals surface area contributed by atoms with Gasteiger partial charge in [0.2, 0.25) is 5.91 Å². The van der Waals surface area contributed by atoms with Crippen LogP contribution in [0.25, 0.3) is 0 Å². The highest BCUT2D eigenvalue weighted by Gasteiger charge is 2.31. The number of carbonyl (C=O) groups is 3. The van der Waals surface area contributed by atoms with Gasteiger partial charge in [-0.15, -0.1) is 6.58 Å². The zero-order chi connectivity index (χ0) is 23.4. The van der Waals surface area contributed by atoms with Crippen LogP contribution in [-0.2, 0) is 30.4 Å². The van der Waals surface area contributed by atoms with E-state index < -0.39 is 35.7 Å². The van der Waals surface area contributed by atoms with E-state index in [4.69, 9.17) is 14.2 Å². The summed E-state index contributed by atoms with van der Waals surface area (Å²) in [5, 5.41) is 5.18. The molecule has 2 atom stereocenters. The van der Waals surface area contributed by atoms with Crippen molar-refractivity contribution in [3.05, 3.63) is 48.6 Å². The van der Waals surface area contributed by atoms with E-state index in [-0.39, 0.29) is 25.7 Å². The molecule has 172 valence electrons. The first-order valence-electron chi connectivity index (χ1n) is 10.2. The summed E-state index contributed by atoms with van der Waals surface area (Å²) in [5.74, 6) is -1.42. The van der Waals surface area contributed by atoms with Gasteiger partial charge in [0.1, 0.15) is 18.2 Å². The molecule has 1 rings (SSSR count). The smallest absolute Gasteiger partial charge is 0.408 e. The molecule has 0 aliphatic carbocycles. The van der Waals surface area contributed by atoms with Crippen molar-refractivity contribution in [1.82, 2.24) is 10.6 Å². The summed E-state index contributed by atoms with van der Waals surface area (Å²) in [7, 11) is 0. The first-order chi connectivity index (χ1) is 14.5. The molecule has 8 nitrogen and oxygen atoms in total. The Labute approximate surface area is 184 Å². The van der Waals surface area contributed by atoms with Gasteiger partial charge >= 0.3 is 12.1 Å². The summed E-state index contributed by atoms with van der Waals surface area (Å²) in [5.41, 5.74) is 0.115. The number of alkyl carbamates (subject to hydrolysis) is 1. The summed E-state index contributed by atoms with van der Waals surface area (Å²) in [6.45, 7) is 12.5. The van der Waals surface area contributed by atoms with E-state index in [2.05, 4.69) is 17.2 Å². The number of hydrogen-bond donors (Lipinski definition) is 2. The van der Waals surface area contributed by atoms with Crippen LogP contribution in [0.4, 0.5) is 4.79 Å². The molecule has 0 spiro atoms. The Morgan fingerprint density at radius 3 is 2.29 bits per heavy atom. The van der Waals surface area contributed by atoms with Crippen LogP contribution in [0.3, 0.4) is 0 Å². The first kappa shape index (κ1) is 26.2. The highest BCUT2D eigenvalue weighted by molar-refractivity contribution is 5.90. The summed E-state index contributed by atoms with van der Waals surface area (Å²) in [6, 6.07) is 7.25. The second-order valence-corrected chi connectivity index (χ2v) is 8.35. The fraction of sp³-hybridized carbons (Fsp3) is 0.522. The van der Waals surface area contributed by atoms with Crippen LogP contribution >= 0.6 is 0 Å². The van der Waals surface area contributed by atoms with E-state index >= 15 is 0 Å². The van der Waals surface area contributed by atoms with Gasteiger partial charge in [0, 0.05) is 0 Å². The zero-order valence-corrected chi connectivity index (χ0v) is 19.0. The lowest BCUT2D eigenvalue weighted by Gasteiger charge is -2.26. The van der Waals surface area contributed by atoms with Crippen LogP contribution in [-0.4, -0.2) is 48.9 Å². The monoisotopic (exact) mass is 434 g/mol. The predicted octanol–water partition coefficient (Wildman–Crippen LogP) is 2.97. The third kappa shape index (κ3) is 10.6. The highest BCUT2D eigenvalue weighted by Crippen LogP contribution is 2.10. The summed E-state index contributed by atoms with van der Waals surface area (Å²) < 4.78 is 15.9. The van der Waals surface area contributed by atoms with Crippen molar-refractivity contribution in [2.75, 3.05) is 13.2 Å². The van der Waals surface area contributed by atoms with Gasteiger partial charge in [-0.3, -0.25) is 4.79 Å². The maximum absolute atomic E-state index is 12.8. The summed E-state index contributed by atoms with van der Waals surface area (Å²) >= 11 is 0. The van der Waals surface area contributed by atoms with E-state index in [0.29, 0.717) is 0 Å². The van der Waals surface area contributed by atoms with E-state index in [1.807, 2.05) is 30.3 Å². The van der Waals surface area contributed by atoms with Crippen LogP contribution in [0.2, 0.25) is 0 Å². The molecule has 1 aromatic carbocycles. The van der Waals surface area contributed by atoms with Crippen LogP contribution in [0.1, 0.15) is 40.2 Å². The van der Waals surface area contributed by atoms with Crippen molar-refractivity contribution in [1.29, 1.82) is 0 Å². The number of benzene rings is 1. The number of amides is 2. The van der Waals surface area contributed by atoms with Crippen LogP contribution in [0.5, 0.6) is 0 Å². The molecule has 2 N–H and O–H groups in total. The Hall–Kier alpha value is -2.87. The average Bonchev–Trinajstić information content (AvgIpc) is 2.68. The molecule has 8 heteroatoms. The number of carbonyl (C=O) groups excluding carboxylic acids is 3. The molecule has 0 heterocycles. The lowest BCUT2D eigenvalue weighted by atomic mass is 10.0. The number of nitrogens with one attached hydrogen (secondary N) is 2. The topological polar surface area (TPSA) is 103 Å². The Morgan fingerprint density at radius 2 is 1.74 bits per heavy atom. The molecular weight excluding hydrogens is 400 g/mol. The first-order valence-corrected chi connectivity index (χ1v) is 10.2. The van der Waals surface area contributed by atoms with Crippen LogP contribution in [0, 0.1) is 5.92 Å². The highest BCUT2D eigenvalue weighted by atomic mass is 16.6. The Bertz CT molecular complexity index is 727. The molecule has 0 aliphatic rings. The van der Waals surface area contributed by atoms with Crippen molar-refractivity contribution in [3.63, 3.8) is 0 Å². The van der Waals surface area contributed by atoms with Gasteiger partial charge in [0.15, 0.2) is 6.04 Å². The lowest BCUT2D eigenvalue weighted by molar-refractivity contribution is -0.151. The Balaban J connectivity index is 2.81. The SMILES string of the molecule is C=CCOC[C@H](NC(=O)[C@@H](NC(=O)OC(C)(C)C)C(C)C)C(=O)OCc1ccccc1. The molecule has 0 unspecified atom stereocenters. The largest absolute Gasteiger partial charge is 0.459 e. The molecular formula is C23H34N2O6. The number of rotatable bonds is 11. The minimum Gasteiger partial charge on any atom is -0.459 e. The van der Waals surface area contributed by atoms with E-state index in [0.717, 1.165) is 5.56 Å². The third-order valence-corrected chi connectivity index (χ3v) is 3.97. The van der Waals surface area contributed by atoms with Gasteiger partial charge in [0.05, 0.1) is 13.2 Å².